The lowest BCUT2D eigenvalue weighted by molar-refractivity contribution is 0.0496. The van der Waals surface area contributed by atoms with E-state index in [0.717, 1.165) is 19.0 Å². The zero-order chi connectivity index (χ0) is 27.5. The van der Waals surface area contributed by atoms with E-state index in [2.05, 4.69) is 31.0 Å². The third kappa shape index (κ3) is 6.46. The summed E-state index contributed by atoms with van der Waals surface area (Å²) >= 11 is 0. The number of aliphatic hydroxyl groups is 1. The molecule has 38 heavy (non-hydrogen) atoms. The van der Waals surface area contributed by atoms with Crippen molar-refractivity contribution >= 4 is 29.3 Å². The van der Waals surface area contributed by atoms with E-state index in [1.807, 2.05) is 0 Å². The Balaban J connectivity index is 1.51. The van der Waals surface area contributed by atoms with Crippen molar-refractivity contribution in [3.8, 4) is 0 Å². The number of carbonyl (C=O) groups is 2. The normalized spacial score (nSPS) is 15.0. The van der Waals surface area contributed by atoms with Gasteiger partial charge in [0.05, 0.1) is 37.2 Å². The van der Waals surface area contributed by atoms with Gasteiger partial charge in [-0.25, -0.2) is 28.5 Å². The molecule has 0 spiro atoms. The molecule has 0 aromatic carbocycles. The smallest absolute Gasteiger partial charge is 0.408 e. The Bertz CT molecular complexity index is 1320. The number of ether oxygens (including phenoxy) is 2. The van der Waals surface area contributed by atoms with E-state index < -0.39 is 41.7 Å². The SMILES string of the molecule is CCOC(=O)c1cnn2ccc(NC(CO)c3cc(F)cnc3NCC3(NC(=O)OC(C)(C)C)CC3)nc12. The fraction of sp³-hybridized carbons (Fsp3) is 0.480. The van der Waals surface area contributed by atoms with Crippen LogP contribution in [-0.2, 0) is 9.47 Å². The summed E-state index contributed by atoms with van der Waals surface area (Å²) in [5, 5.41) is 23.4. The van der Waals surface area contributed by atoms with Crippen molar-refractivity contribution in [1.29, 1.82) is 0 Å². The van der Waals surface area contributed by atoms with Crippen LogP contribution in [0, 0.1) is 5.82 Å². The van der Waals surface area contributed by atoms with Gasteiger partial charge in [0, 0.05) is 18.3 Å². The molecule has 3 aromatic heterocycles. The van der Waals surface area contributed by atoms with E-state index in [0.29, 0.717) is 23.7 Å². The minimum Gasteiger partial charge on any atom is -0.462 e. The highest BCUT2D eigenvalue weighted by Crippen LogP contribution is 2.36. The number of hydrogen-bond acceptors (Lipinski definition) is 10. The molecule has 1 aliphatic carbocycles. The molecule has 0 bridgehead atoms. The number of amides is 1. The van der Waals surface area contributed by atoms with Crippen molar-refractivity contribution in [3.63, 3.8) is 0 Å². The minimum absolute atomic E-state index is 0.193. The quantitative estimate of drug-likeness (QED) is 0.288. The van der Waals surface area contributed by atoms with Crippen molar-refractivity contribution in [1.82, 2.24) is 24.9 Å². The average molecular weight is 530 g/mol. The zero-order valence-corrected chi connectivity index (χ0v) is 21.7. The van der Waals surface area contributed by atoms with Crippen LogP contribution in [0.2, 0.25) is 0 Å². The molecule has 0 saturated heterocycles. The highest BCUT2D eigenvalue weighted by molar-refractivity contribution is 5.95. The topological polar surface area (TPSA) is 152 Å². The van der Waals surface area contributed by atoms with E-state index in [-0.39, 0.29) is 17.8 Å². The summed E-state index contributed by atoms with van der Waals surface area (Å²) in [5.74, 6) is -0.473. The summed E-state index contributed by atoms with van der Waals surface area (Å²) in [5.41, 5.74) is -0.301. The van der Waals surface area contributed by atoms with Gasteiger partial charge in [0.15, 0.2) is 5.65 Å². The third-order valence-electron chi connectivity index (χ3n) is 5.84. The lowest BCUT2D eigenvalue weighted by Crippen LogP contribution is -2.44. The monoisotopic (exact) mass is 529 g/mol. The minimum atomic E-state index is -0.793. The molecule has 1 saturated carbocycles. The maximum Gasteiger partial charge on any atom is 0.408 e. The summed E-state index contributed by atoms with van der Waals surface area (Å²) < 4.78 is 26.1. The van der Waals surface area contributed by atoms with Gasteiger partial charge in [-0.05, 0) is 52.7 Å². The number of halogens is 1. The molecule has 0 radical (unpaired) electrons. The molecular weight excluding hydrogens is 497 g/mol. The number of aromatic nitrogens is 4. The van der Waals surface area contributed by atoms with Crippen LogP contribution in [0.4, 0.5) is 20.8 Å². The molecule has 3 aromatic rings. The number of aliphatic hydroxyl groups excluding tert-OH is 1. The number of carbonyl (C=O) groups excluding carboxylic acids is 2. The van der Waals surface area contributed by atoms with E-state index in [1.165, 1.54) is 16.8 Å². The maximum absolute atomic E-state index is 14.2. The van der Waals surface area contributed by atoms with Crippen molar-refractivity contribution in [2.24, 2.45) is 0 Å². The fourth-order valence-electron chi connectivity index (χ4n) is 3.84. The highest BCUT2D eigenvalue weighted by atomic mass is 19.1. The second-order valence-corrected chi connectivity index (χ2v) is 10.1. The Labute approximate surface area is 218 Å². The van der Waals surface area contributed by atoms with Crippen molar-refractivity contribution in [2.45, 2.75) is 57.7 Å². The molecule has 0 aliphatic heterocycles. The number of hydrogen-bond donors (Lipinski definition) is 4. The van der Waals surface area contributed by atoms with Gasteiger partial charge in [-0.1, -0.05) is 0 Å². The lowest BCUT2D eigenvalue weighted by Gasteiger charge is -2.25. The number of fused-ring (bicyclic) bond motifs is 1. The van der Waals surface area contributed by atoms with Crippen LogP contribution in [0.25, 0.3) is 5.65 Å². The first-order valence-electron chi connectivity index (χ1n) is 12.3. The fourth-order valence-corrected chi connectivity index (χ4v) is 3.84. The number of nitrogens with zero attached hydrogens (tertiary/aromatic N) is 4. The van der Waals surface area contributed by atoms with Crippen molar-refractivity contribution < 1.29 is 28.6 Å². The third-order valence-corrected chi connectivity index (χ3v) is 5.84. The van der Waals surface area contributed by atoms with Gasteiger partial charge in [0.25, 0.3) is 0 Å². The Kier molecular flexibility index (Phi) is 7.67. The average Bonchev–Trinajstić information content (AvgIpc) is 3.47. The first-order chi connectivity index (χ1) is 18.0. The Morgan fingerprint density at radius 3 is 2.71 bits per heavy atom. The van der Waals surface area contributed by atoms with Crippen molar-refractivity contribution in [2.75, 3.05) is 30.4 Å². The predicted octanol–water partition coefficient (Wildman–Crippen LogP) is 3.05. The van der Waals surface area contributed by atoms with Gasteiger partial charge in [0.1, 0.15) is 28.6 Å². The van der Waals surface area contributed by atoms with Crippen LogP contribution in [-0.4, -0.2) is 67.6 Å². The second kappa shape index (κ2) is 10.8. The molecule has 204 valence electrons. The molecule has 1 amide bonds. The second-order valence-electron chi connectivity index (χ2n) is 10.1. The summed E-state index contributed by atoms with van der Waals surface area (Å²) in [7, 11) is 0. The predicted molar refractivity (Wildman–Crippen MR) is 136 cm³/mol. The molecular formula is C25H32FN7O5. The summed E-state index contributed by atoms with van der Waals surface area (Å²) in [6.07, 6.45) is 5.02. The highest BCUT2D eigenvalue weighted by Gasteiger charge is 2.45. The van der Waals surface area contributed by atoms with Gasteiger partial charge in [-0.2, -0.15) is 5.10 Å². The molecule has 1 aliphatic rings. The lowest BCUT2D eigenvalue weighted by atomic mass is 10.1. The number of alkyl carbamates (subject to hydrolysis) is 1. The zero-order valence-electron chi connectivity index (χ0n) is 21.7. The first kappa shape index (κ1) is 27.0. The first-order valence-corrected chi connectivity index (χ1v) is 12.3. The van der Waals surface area contributed by atoms with E-state index in [9.17, 15) is 19.1 Å². The summed E-state index contributed by atoms with van der Waals surface area (Å²) in [6.45, 7) is 7.21. The number of rotatable bonds is 10. The van der Waals surface area contributed by atoms with E-state index in [4.69, 9.17) is 9.47 Å². The van der Waals surface area contributed by atoms with E-state index in [1.54, 1.807) is 40.0 Å². The maximum atomic E-state index is 14.2. The molecule has 1 unspecified atom stereocenters. The number of pyridine rings is 1. The standard InChI is InChI=1S/C25H32FN7O5/c1-5-37-22(35)17-12-29-33-9-6-19(31-21(17)33)30-18(13-34)16-10-15(26)11-27-20(16)28-14-25(7-8-25)32-23(36)38-24(2,3)4/h6,9-12,18,34H,5,7-8,13-14H2,1-4H3,(H,27,28)(H,30,31)(H,32,36). The van der Waals surface area contributed by atoms with Crippen LogP contribution in [0.15, 0.2) is 30.7 Å². The molecule has 1 fully saturated rings. The van der Waals surface area contributed by atoms with Gasteiger partial charge in [0.2, 0.25) is 0 Å². The molecule has 1 atom stereocenters. The van der Waals surface area contributed by atoms with Gasteiger partial charge >= 0.3 is 12.1 Å². The van der Waals surface area contributed by atoms with Crippen molar-refractivity contribution in [3.05, 3.63) is 47.7 Å². The van der Waals surface area contributed by atoms with Crippen LogP contribution < -0.4 is 16.0 Å². The molecule has 3 heterocycles. The number of anilines is 2. The van der Waals surface area contributed by atoms with Crippen LogP contribution in [0.5, 0.6) is 0 Å². The Morgan fingerprint density at radius 1 is 1.29 bits per heavy atom. The molecule has 4 N–H and O–H groups in total. The summed E-state index contributed by atoms with van der Waals surface area (Å²) in [6, 6.07) is 2.09. The van der Waals surface area contributed by atoms with Gasteiger partial charge in [-0.3, -0.25) is 0 Å². The van der Waals surface area contributed by atoms with Crippen LogP contribution in [0.3, 0.4) is 0 Å². The molecule has 12 nitrogen and oxygen atoms in total. The number of esters is 1. The largest absolute Gasteiger partial charge is 0.462 e. The number of nitrogens with one attached hydrogen (secondary N) is 3. The van der Waals surface area contributed by atoms with Gasteiger partial charge in [-0.15, -0.1) is 0 Å². The Hall–Kier alpha value is -4.00. The molecule has 13 heteroatoms. The van der Waals surface area contributed by atoms with E-state index >= 15 is 0 Å². The Morgan fingerprint density at radius 2 is 2.05 bits per heavy atom. The van der Waals surface area contributed by atoms with Crippen LogP contribution >= 0.6 is 0 Å². The molecule has 4 rings (SSSR count). The summed E-state index contributed by atoms with van der Waals surface area (Å²) in [4.78, 5) is 33.1. The van der Waals surface area contributed by atoms with Crippen LogP contribution in [0.1, 0.15) is 62.5 Å². The van der Waals surface area contributed by atoms with Gasteiger partial charge < -0.3 is 30.5 Å².